The number of nitrogens with one attached hydrogen (secondary N) is 1. The van der Waals surface area contributed by atoms with E-state index in [9.17, 15) is 4.79 Å². The molecule has 3 heterocycles. The van der Waals surface area contributed by atoms with Crippen LogP contribution in [0.1, 0.15) is 37.6 Å². The summed E-state index contributed by atoms with van der Waals surface area (Å²) in [6.07, 6.45) is 1.87. The molecule has 0 radical (unpaired) electrons. The fourth-order valence-electron chi connectivity index (χ4n) is 3.09. The van der Waals surface area contributed by atoms with E-state index in [1.807, 2.05) is 37.0 Å². The third-order valence-electron chi connectivity index (χ3n) is 3.96. The lowest BCUT2D eigenvalue weighted by atomic mass is 9.89. The van der Waals surface area contributed by atoms with Crippen LogP contribution in [0.15, 0.2) is 11.4 Å². The zero-order chi connectivity index (χ0) is 14.4. The lowest BCUT2D eigenvalue weighted by Crippen LogP contribution is -2.49. The third-order valence-corrected chi connectivity index (χ3v) is 5.12. The van der Waals surface area contributed by atoms with Gasteiger partial charge in [0.15, 0.2) is 0 Å². The Morgan fingerprint density at radius 3 is 3.05 bits per heavy atom. The van der Waals surface area contributed by atoms with Crippen molar-refractivity contribution in [2.75, 3.05) is 19.6 Å². The number of carbonyl (C=O) groups excluding carboxylic acids is 1. The summed E-state index contributed by atoms with van der Waals surface area (Å²) in [5.41, 5.74) is 0.972. The van der Waals surface area contributed by atoms with Crippen LogP contribution in [0.2, 0.25) is 0 Å². The van der Waals surface area contributed by atoms with E-state index < -0.39 is 5.60 Å². The minimum Gasteiger partial charge on any atom is -0.444 e. The van der Waals surface area contributed by atoms with Gasteiger partial charge in [-0.2, -0.15) is 0 Å². The number of amides is 1. The van der Waals surface area contributed by atoms with Crippen LogP contribution in [0.4, 0.5) is 4.79 Å². The van der Waals surface area contributed by atoms with Gasteiger partial charge in [-0.05, 0) is 50.6 Å². The summed E-state index contributed by atoms with van der Waals surface area (Å²) in [4.78, 5) is 15.5. The predicted molar refractivity (Wildman–Crippen MR) is 80.1 cm³/mol. The monoisotopic (exact) mass is 294 g/mol. The molecule has 4 nitrogen and oxygen atoms in total. The van der Waals surface area contributed by atoms with Crippen LogP contribution >= 0.6 is 11.3 Å². The van der Waals surface area contributed by atoms with E-state index in [-0.39, 0.29) is 11.6 Å². The summed E-state index contributed by atoms with van der Waals surface area (Å²) in [5.74, 6) is 0. The fraction of sp³-hybridized carbons (Fsp3) is 0.667. The van der Waals surface area contributed by atoms with Crippen molar-refractivity contribution in [1.29, 1.82) is 0 Å². The van der Waals surface area contributed by atoms with Crippen molar-refractivity contribution < 1.29 is 9.53 Å². The first-order valence-electron chi connectivity index (χ1n) is 7.19. The smallest absolute Gasteiger partial charge is 0.410 e. The fourth-order valence-corrected chi connectivity index (χ4v) is 4.25. The average Bonchev–Trinajstić information content (AvgIpc) is 2.95. The molecule has 3 rings (SSSR count). The molecule has 110 valence electrons. The normalized spacial score (nSPS) is 25.9. The van der Waals surface area contributed by atoms with Crippen LogP contribution in [-0.2, 0) is 16.7 Å². The minimum atomic E-state index is -0.430. The molecular formula is C15H22N2O2S. The minimum absolute atomic E-state index is 0.0430. The van der Waals surface area contributed by atoms with Crippen molar-refractivity contribution in [1.82, 2.24) is 10.2 Å². The number of rotatable bonds is 0. The summed E-state index contributed by atoms with van der Waals surface area (Å²) >= 11 is 1.81. The van der Waals surface area contributed by atoms with Crippen molar-refractivity contribution in [3.8, 4) is 0 Å². The molecule has 0 unspecified atom stereocenters. The number of fused-ring (bicyclic) bond motifs is 2. The van der Waals surface area contributed by atoms with E-state index in [0.717, 1.165) is 32.5 Å². The van der Waals surface area contributed by atoms with Gasteiger partial charge in [0.1, 0.15) is 5.60 Å². The van der Waals surface area contributed by atoms with Gasteiger partial charge in [-0.3, -0.25) is 0 Å². The first kappa shape index (κ1) is 13.9. The van der Waals surface area contributed by atoms with Gasteiger partial charge in [-0.1, -0.05) is 0 Å². The zero-order valence-corrected chi connectivity index (χ0v) is 13.2. The number of likely N-dealkylation sites (tertiary alicyclic amines) is 1. The highest BCUT2D eigenvalue weighted by molar-refractivity contribution is 7.10. The van der Waals surface area contributed by atoms with Gasteiger partial charge in [-0.15, -0.1) is 11.3 Å². The van der Waals surface area contributed by atoms with Gasteiger partial charge in [0.25, 0.3) is 0 Å². The second-order valence-electron chi connectivity index (χ2n) is 6.69. The summed E-state index contributed by atoms with van der Waals surface area (Å²) in [5, 5.41) is 5.81. The van der Waals surface area contributed by atoms with Crippen molar-refractivity contribution in [2.45, 2.75) is 44.8 Å². The Morgan fingerprint density at radius 1 is 1.50 bits per heavy atom. The summed E-state index contributed by atoms with van der Waals surface area (Å²) in [6, 6.07) is 2.22. The summed E-state index contributed by atoms with van der Waals surface area (Å²) in [7, 11) is 0. The van der Waals surface area contributed by atoms with Crippen LogP contribution in [0.25, 0.3) is 0 Å². The molecule has 1 N–H and O–H groups in total. The van der Waals surface area contributed by atoms with Gasteiger partial charge in [0, 0.05) is 24.5 Å². The molecule has 1 aromatic rings. The molecule has 2 aliphatic rings. The van der Waals surface area contributed by atoms with E-state index >= 15 is 0 Å². The number of hydrogen-bond acceptors (Lipinski definition) is 4. The maximum Gasteiger partial charge on any atom is 0.410 e. The molecule has 1 amide bonds. The van der Waals surface area contributed by atoms with Gasteiger partial charge in [0.2, 0.25) is 0 Å². The number of thiophene rings is 1. The molecular weight excluding hydrogens is 272 g/mol. The van der Waals surface area contributed by atoms with Crippen LogP contribution in [0.3, 0.4) is 0 Å². The van der Waals surface area contributed by atoms with E-state index in [0.29, 0.717) is 0 Å². The molecule has 20 heavy (non-hydrogen) atoms. The van der Waals surface area contributed by atoms with Crippen molar-refractivity contribution in [2.24, 2.45) is 0 Å². The average molecular weight is 294 g/mol. The number of ether oxygens (including phenoxy) is 1. The van der Waals surface area contributed by atoms with Crippen LogP contribution in [0.5, 0.6) is 0 Å². The molecule has 1 saturated heterocycles. The molecule has 0 aliphatic carbocycles. The topological polar surface area (TPSA) is 41.6 Å². The highest BCUT2D eigenvalue weighted by Gasteiger charge is 2.45. The first-order valence-corrected chi connectivity index (χ1v) is 8.07. The van der Waals surface area contributed by atoms with Crippen LogP contribution in [0, 0.1) is 0 Å². The van der Waals surface area contributed by atoms with Crippen LogP contribution < -0.4 is 5.32 Å². The molecule has 0 saturated carbocycles. The number of nitrogens with zero attached hydrogens (tertiary/aromatic N) is 1. The van der Waals surface area contributed by atoms with Crippen molar-refractivity contribution in [3.05, 3.63) is 21.9 Å². The zero-order valence-electron chi connectivity index (χ0n) is 12.4. The standard InChI is InChI=1S/C15H22N2O2S/c1-14(2,3)19-13(18)17-8-6-15(10-17)12-11(4-7-16-15)5-9-20-12/h5,9,16H,4,6-8,10H2,1-3H3/t15-/m1/s1. The molecule has 1 fully saturated rings. The third kappa shape index (κ3) is 2.44. The first-order chi connectivity index (χ1) is 9.40. The molecule has 1 atom stereocenters. The van der Waals surface area contributed by atoms with Crippen LogP contribution in [-0.4, -0.2) is 36.2 Å². The SMILES string of the molecule is CC(C)(C)OC(=O)N1CC[C@]2(C1)NCCc1ccsc12. The Kier molecular flexibility index (Phi) is 3.29. The number of carbonyl (C=O) groups is 1. The molecule has 5 heteroatoms. The van der Waals surface area contributed by atoms with Gasteiger partial charge in [0.05, 0.1) is 5.54 Å². The van der Waals surface area contributed by atoms with Gasteiger partial charge in [-0.25, -0.2) is 4.79 Å². The lowest BCUT2D eigenvalue weighted by Gasteiger charge is -2.35. The van der Waals surface area contributed by atoms with E-state index in [2.05, 4.69) is 16.8 Å². The van der Waals surface area contributed by atoms with Gasteiger partial charge >= 0.3 is 6.09 Å². The highest BCUT2D eigenvalue weighted by atomic mass is 32.1. The van der Waals surface area contributed by atoms with E-state index in [1.165, 1.54) is 10.4 Å². The Bertz CT molecular complexity index is 520. The largest absolute Gasteiger partial charge is 0.444 e. The number of hydrogen-bond donors (Lipinski definition) is 1. The maximum atomic E-state index is 12.2. The summed E-state index contributed by atoms with van der Waals surface area (Å²) < 4.78 is 5.49. The van der Waals surface area contributed by atoms with E-state index in [4.69, 9.17) is 4.74 Å². The second-order valence-corrected chi connectivity index (χ2v) is 7.60. The lowest BCUT2D eigenvalue weighted by molar-refractivity contribution is 0.0279. The Labute approximate surface area is 124 Å². The van der Waals surface area contributed by atoms with Gasteiger partial charge < -0.3 is 15.0 Å². The van der Waals surface area contributed by atoms with E-state index in [1.54, 1.807) is 0 Å². The molecule has 1 spiro atoms. The van der Waals surface area contributed by atoms with Crippen molar-refractivity contribution >= 4 is 17.4 Å². The summed E-state index contributed by atoms with van der Waals surface area (Å²) in [6.45, 7) is 8.20. The predicted octanol–water partition coefficient (Wildman–Crippen LogP) is 2.73. The maximum absolute atomic E-state index is 12.2. The molecule has 0 bridgehead atoms. The second kappa shape index (κ2) is 4.74. The Balaban J connectivity index is 1.76. The van der Waals surface area contributed by atoms with Crippen molar-refractivity contribution in [3.63, 3.8) is 0 Å². The molecule has 1 aromatic heterocycles. The Morgan fingerprint density at radius 2 is 2.30 bits per heavy atom. The molecule has 2 aliphatic heterocycles. The quantitative estimate of drug-likeness (QED) is 0.800. The Hall–Kier alpha value is -1.07. The molecule has 0 aromatic carbocycles. The highest BCUT2D eigenvalue weighted by Crippen LogP contribution is 2.40.